The molecule has 1 amide bonds. The molecule has 0 saturated carbocycles. The smallest absolute Gasteiger partial charge is 0.253 e. The van der Waals surface area contributed by atoms with E-state index in [1.165, 1.54) is 0 Å². The first-order chi connectivity index (χ1) is 8.49. The van der Waals surface area contributed by atoms with Crippen molar-refractivity contribution in [1.82, 2.24) is 4.90 Å². The number of carbonyl (C=O) groups is 1. The molecule has 2 rings (SSSR count). The van der Waals surface area contributed by atoms with Crippen molar-refractivity contribution in [1.29, 1.82) is 0 Å². The number of benzene rings is 1. The molecule has 0 bridgehead atoms. The van der Waals surface area contributed by atoms with Crippen LogP contribution in [0.15, 0.2) is 22.7 Å². The van der Waals surface area contributed by atoms with Crippen LogP contribution >= 0.6 is 31.9 Å². The Bertz CT molecular complexity index is 461. The molecule has 0 aliphatic carbocycles. The van der Waals surface area contributed by atoms with Crippen molar-refractivity contribution < 1.29 is 4.79 Å². The van der Waals surface area contributed by atoms with Crippen LogP contribution in [0.3, 0.4) is 0 Å². The third-order valence-electron chi connectivity index (χ3n) is 3.49. The normalized spacial score (nSPS) is 24.1. The van der Waals surface area contributed by atoms with Gasteiger partial charge in [0, 0.05) is 28.0 Å². The average Bonchev–Trinajstić information content (AvgIpc) is 2.35. The molecule has 2 nitrogen and oxygen atoms in total. The maximum Gasteiger partial charge on any atom is 0.253 e. The van der Waals surface area contributed by atoms with Gasteiger partial charge in [-0.25, -0.2) is 0 Å². The van der Waals surface area contributed by atoms with Crippen LogP contribution in [0.4, 0.5) is 0 Å². The fraction of sp³-hybridized carbons (Fsp3) is 0.500. The summed E-state index contributed by atoms with van der Waals surface area (Å²) in [5.41, 5.74) is 1.89. The van der Waals surface area contributed by atoms with Crippen LogP contribution in [0.5, 0.6) is 0 Å². The molecule has 1 aliphatic heterocycles. The van der Waals surface area contributed by atoms with Crippen LogP contribution in [0.1, 0.15) is 29.3 Å². The van der Waals surface area contributed by atoms with E-state index >= 15 is 0 Å². The van der Waals surface area contributed by atoms with Gasteiger partial charge in [-0.05, 0) is 43.0 Å². The van der Waals surface area contributed by atoms with Crippen LogP contribution < -0.4 is 0 Å². The summed E-state index contributed by atoms with van der Waals surface area (Å²) in [6, 6.07) is 5.80. The van der Waals surface area contributed by atoms with Crippen molar-refractivity contribution in [3.63, 3.8) is 0 Å². The Labute approximate surface area is 125 Å². The Morgan fingerprint density at radius 2 is 2.17 bits per heavy atom. The van der Waals surface area contributed by atoms with Crippen LogP contribution in [-0.4, -0.2) is 28.7 Å². The largest absolute Gasteiger partial charge is 0.338 e. The number of hydrogen-bond donors (Lipinski definition) is 0. The zero-order valence-corrected chi connectivity index (χ0v) is 13.8. The molecule has 4 heteroatoms. The molecule has 98 valence electrons. The number of carbonyl (C=O) groups excluding carboxylic acids is 1. The Hall–Kier alpha value is -0.350. The van der Waals surface area contributed by atoms with Crippen LogP contribution in [-0.2, 0) is 0 Å². The highest BCUT2D eigenvalue weighted by atomic mass is 79.9. The van der Waals surface area contributed by atoms with Crippen LogP contribution in [0.25, 0.3) is 0 Å². The average molecular weight is 375 g/mol. The maximum atomic E-state index is 12.4. The summed E-state index contributed by atoms with van der Waals surface area (Å²) in [5.74, 6) is 0.663. The second-order valence-corrected chi connectivity index (χ2v) is 7.03. The summed E-state index contributed by atoms with van der Waals surface area (Å²) >= 11 is 7.12. The van der Waals surface area contributed by atoms with Crippen molar-refractivity contribution in [3.05, 3.63) is 33.8 Å². The van der Waals surface area contributed by atoms with Gasteiger partial charge in [-0.2, -0.15) is 0 Å². The monoisotopic (exact) mass is 373 g/mol. The lowest BCUT2D eigenvalue weighted by atomic mass is 9.99. The van der Waals surface area contributed by atoms with Gasteiger partial charge in [0.2, 0.25) is 0 Å². The molecule has 1 aliphatic rings. The Kier molecular flexibility index (Phi) is 4.49. The number of aryl methyl sites for hydroxylation is 1. The minimum Gasteiger partial charge on any atom is -0.338 e. The lowest BCUT2D eigenvalue weighted by Crippen LogP contribution is -2.43. The zero-order chi connectivity index (χ0) is 13.3. The van der Waals surface area contributed by atoms with E-state index < -0.39 is 0 Å². The third kappa shape index (κ3) is 2.97. The standard InChI is InChI=1S/C14H17Br2NO/c1-9-7-11(3-4-12(9)15)14(18)17-6-5-13(16)10(2)8-17/h3-4,7,10,13H,5-6,8H2,1-2H3. The van der Waals surface area contributed by atoms with Crippen molar-refractivity contribution in [2.45, 2.75) is 25.1 Å². The lowest BCUT2D eigenvalue weighted by Gasteiger charge is -2.34. The minimum absolute atomic E-state index is 0.150. The summed E-state index contributed by atoms with van der Waals surface area (Å²) in [6.45, 7) is 5.87. The second-order valence-electron chi connectivity index (χ2n) is 5.00. The van der Waals surface area contributed by atoms with Crippen LogP contribution in [0, 0.1) is 12.8 Å². The second kappa shape index (κ2) is 5.74. The molecule has 18 heavy (non-hydrogen) atoms. The molecule has 0 aromatic heterocycles. The van der Waals surface area contributed by atoms with Crippen molar-refractivity contribution in [2.24, 2.45) is 5.92 Å². The number of alkyl halides is 1. The summed E-state index contributed by atoms with van der Waals surface area (Å²) in [5, 5.41) is 0. The molecule has 1 aromatic rings. The first-order valence-electron chi connectivity index (χ1n) is 6.18. The molecule has 1 fully saturated rings. The van der Waals surface area contributed by atoms with Gasteiger partial charge in [0.15, 0.2) is 0 Å². The fourth-order valence-corrected chi connectivity index (χ4v) is 2.88. The Balaban J connectivity index is 2.14. The predicted molar refractivity (Wildman–Crippen MR) is 81.3 cm³/mol. The van der Waals surface area contributed by atoms with Crippen LogP contribution in [0.2, 0.25) is 0 Å². The third-order valence-corrected chi connectivity index (χ3v) is 5.74. The molecular formula is C14H17Br2NO. The molecule has 2 unspecified atom stereocenters. The van der Waals surface area contributed by atoms with Gasteiger partial charge in [0.25, 0.3) is 5.91 Å². The van der Waals surface area contributed by atoms with Gasteiger partial charge in [-0.1, -0.05) is 38.8 Å². The Morgan fingerprint density at radius 3 is 2.78 bits per heavy atom. The van der Waals surface area contributed by atoms with Crippen molar-refractivity contribution >= 4 is 37.8 Å². The summed E-state index contributed by atoms with van der Waals surface area (Å²) in [6.07, 6.45) is 1.03. The van der Waals surface area contributed by atoms with Gasteiger partial charge in [0.05, 0.1) is 0 Å². The number of rotatable bonds is 1. The molecular weight excluding hydrogens is 358 g/mol. The topological polar surface area (TPSA) is 20.3 Å². The number of hydrogen-bond acceptors (Lipinski definition) is 1. The van der Waals surface area contributed by atoms with E-state index in [2.05, 4.69) is 38.8 Å². The molecule has 0 radical (unpaired) electrons. The highest BCUT2D eigenvalue weighted by Gasteiger charge is 2.27. The van der Waals surface area contributed by atoms with E-state index in [-0.39, 0.29) is 5.91 Å². The molecule has 1 heterocycles. The molecule has 1 aromatic carbocycles. The number of piperidine rings is 1. The minimum atomic E-state index is 0.150. The summed E-state index contributed by atoms with van der Waals surface area (Å²) in [4.78, 5) is 14.9. The highest BCUT2D eigenvalue weighted by molar-refractivity contribution is 9.10. The molecule has 0 N–H and O–H groups in total. The molecule has 1 saturated heterocycles. The van der Waals surface area contributed by atoms with Gasteiger partial charge < -0.3 is 4.90 Å². The number of amides is 1. The van der Waals surface area contributed by atoms with E-state index in [4.69, 9.17) is 0 Å². The zero-order valence-electron chi connectivity index (χ0n) is 10.6. The van der Waals surface area contributed by atoms with E-state index in [1.54, 1.807) is 0 Å². The highest BCUT2D eigenvalue weighted by Crippen LogP contribution is 2.25. The molecule has 0 spiro atoms. The van der Waals surface area contributed by atoms with Gasteiger partial charge in [-0.15, -0.1) is 0 Å². The maximum absolute atomic E-state index is 12.4. The first kappa shape index (κ1) is 14.1. The Morgan fingerprint density at radius 1 is 1.44 bits per heavy atom. The number of likely N-dealkylation sites (tertiary alicyclic amines) is 1. The van der Waals surface area contributed by atoms with Gasteiger partial charge >= 0.3 is 0 Å². The number of nitrogens with zero attached hydrogens (tertiary/aromatic N) is 1. The van der Waals surface area contributed by atoms with Gasteiger partial charge in [0.1, 0.15) is 0 Å². The molecule has 2 atom stereocenters. The van der Waals surface area contributed by atoms with Crippen molar-refractivity contribution in [2.75, 3.05) is 13.1 Å². The summed E-state index contributed by atoms with van der Waals surface area (Å²) in [7, 11) is 0. The van der Waals surface area contributed by atoms with Crippen molar-refractivity contribution in [3.8, 4) is 0 Å². The lowest BCUT2D eigenvalue weighted by molar-refractivity contribution is 0.0690. The SMILES string of the molecule is Cc1cc(C(=O)N2CCC(Br)C(C)C2)ccc1Br. The van der Waals surface area contributed by atoms with E-state index in [9.17, 15) is 4.79 Å². The predicted octanol–water partition coefficient (Wildman–Crippen LogP) is 4.00. The van der Waals surface area contributed by atoms with E-state index in [0.717, 1.165) is 35.1 Å². The van der Waals surface area contributed by atoms with E-state index in [0.29, 0.717) is 10.7 Å². The first-order valence-corrected chi connectivity index (χ1v) is 7.89. The fourth-order valence-electron chi connectivity index (χ4n) is 2.26. The summed E-state index contributed by atoms with van der Waals surface area (Å²) < 4.78 is 1.05. The number of halogens is 2. The van der Waals surface area contributed by atoms with Gasteiger partial charge in [-0.3, -0.25) is 4.79 Å². The quantitative estimate of drug-likeness (QED) is 0.680. The van der Waals surface area contributed by atoms with E-state index in [1.807, 2.05) is 30.0 Å².